The average Bonchev–Trinajstić information content (AvgIpc) is 2.74. The number of H-pyrrole nitrogens is 1. The summed E-state index contributed by atoms with van der Waals surface area (Å²) in [7, 11) is 2.14. The van der Waals surface area contributed by atoms with Crippen molar-refractivity contribution in [1.82, 2.24) is 14.5 Å². The van der Waals surface area contributed by atoms with Gasteiger partial charge in [-0.05, 0) is 50.8 Å². The molecule has 0 saturated carbocycles. The zero-order valence-electron chi connectivity index (χ0n) is 10.9. The van der Waals surface area contributed by atoms with Gasteiger partial charge in [0.05, 0.1) is 16.6 Å². The third-order valence-corrected chi connectivity index (χ3v) is 4.14. The van der Waals surface area contributed by atoms with Gasteiger partial charge in [-0.25, -0.2) is 0 Å². The van der Waals surface area contributed by atoms with E-state index in [1.165, 1.54) is 6.42 Å². The molecule has 1 fully saturated rings. The molecule has 98 valence electrons. The Balaban J connectivity index is 2.16. The first kappa shape index (κ1) is 12.4. The number of para-hydroxylation sites is 1. The van der Waals surface area contributed by atoms with Crippen molar-refractivity contribution in [2.75, 3.05) is 20.1 Å². The molecule has 1 aliphatic heterocycles. The molecule has 1 N–H and O–H groups in total. The Morgan fingerprint density at radius 2 is 2.32 bits per heavy atom. The molecule has 5 heteroatoms. The van der Waals surface area contributed by atoms with E-state index in [0.29, 0.717) is 11.6 Å². The van der Waals surface area contributed by atoms with Crippen molar-refractivity contribution in [2.24, 2.45) is 0 Å². The maximum atomic E-state index is 9.17. The summed E-state index contributed by atoms with van der Waals surface area (Å²) < 4.78 is 2.90. The fraction of sp³-hybridized carbons (Fsp3) is 0.429. The van der Waals surface area contributed by atoms with Crippen molar-refractivity contribution in [3.05, 3.63) is 28.5 Å². The second-order valence-electron chi connectivity index (χ2n) is 5.17. The highest BCUT2D eigenvalue weighted by Gasteiger charge is 2.21. The summed E-state index contributed by atoms with van der Waals surface area (Å²) in [4.78, 5) is 5.53. The summed E-state index contributed by atoms with van der Waals surface area (Å²) in [5.41, 5.74) is 2.57. The highest BCUT2D eigenvalue weighted by Crippen LogP contribution is 2.27. The minimum Gasteiger partial charge on any atom is -0.329 e. The van der Waals surface area contributed by atoms with E-state index in [9.17, 15) is 0 Å². The predicted octanol–water partition coefficient (Wildman–Crippen LogP) is 2.84. The van der Waals surface area contributed by atoms with Crippen LogP contribution in [0.15, 0.2) is 18.2 Å². The molecule has 1 saturated heterocycles. The van der Waals surface area contributed by atoms with Gasteiger partial charge in [0, 0.05) is 12.6 Å². The van der Waals surface area contributed by atoms with E-state index in [4.69, 9.17) is 17.5 Å². The molecule has 0 amide bonds. The Kier molecular flexibility index (Phi) is 3.13. The summed E-state index contributed by atoms with van der Waals surface area (Å²) in [6.07, 6.45) is 2.33. The van der Waals surface area contributed by atoms with Crippen LogP contribution in [-0.2, 0) is 0 Å². The molecular weight excluding hydrogens is 256 g/mol. The SMILES string of the molecule is CN1CCCC(n2c(=S)[nH]c3c(C#N)cccc32)C1. The first-order valence-electron chi connectivity index (χ1n) is 6.52. The van der Waals surface area contributed by atoms with Crippen molar-refractivity contribution < 1.29 is 0 Å². The van der Waals surface area contributed by atoms with Crippen molar-refractivity contribution >= 4 is 23.3 Å². The molecule has 2 aromatic rings. The Labute approximate surface area is 117 Å². The molecule has 1 aliphatic rings. The lowest BCUT2D eigenvalue weighted by atomic mass is 10.1. The standard InChI is InChI=1S/C14H16N4S/c1-17-7-3-5-11(9-17)18-12-6-2-4-10(8-15)13(12)16-14(18)19/h2,4,6,11H,3,5,7,9H2,1H3,(H,16,19). The number of nitriles is 1. The minimum absolute atomic E-state index is 0.397. The third-order valence-electron chi connectivity index (χ3n) is 3.84. The van der Waals surface area contributed by atoms with Crippen LogP contribution in [0.4, 0.5) is 0 Å². The number of imidazole rings is 1. The lowest BCUT2D eigenvalue weighted by molar-refractivity contribution is 0.214. The summed E-state index contributed by atoms with van der Waals surface area (Å²) in [5, 5.41) is 9.17. The zero-order valence-corrected chi connectivity index (χ0v) is 11.7. The smallest absolute Gasteiger partial charge is 0.178 e. The normalized spacial score (nSPS) is 20.5. The van der Waals surface area contributed by atoms with Gasteiger partial charge >= 0.3 is 0 Å². The van der Waals surface area contributed by atoms with Crippen molar-refractivity contribution in [3.8, 4) is 6.07 Å². The minimum atomic E-state index is 0.397. The van der Waals surface area contributed by atoms with Gasteiger partial charge in [-0.15, -0.1) is 0 Å². The van der Waals surface area contributed by atoms with Crippen molar-refractivity contribution in [1.29, 1.82) is 5.26 Å². The van der Waals surface area contributed by atoms with Gasteiger partial charge in [0.25, 0.3) is 0 Å². The molecule has 2 heterocycles. The summed E-state index contributed by atoms with van der Waals surface area (Å²) in [6, 6.07) is 8.40. The lowest BCUT2D eigenvalue weighted by Gasteiger charge is -2.30. The number of nitrogens with zero attached hydrogens (tertiary/aromatic N) is 3. The van der Waals surface area contributed by atoms with Gasteiger partial charge in [-0.2, -0.15) is 5.26 Å². The largest absolute Gasteiger partial charge is 0.329 e. The first-order chi connectivity index (χ1) is 9.20. The Bertz CT molecular complexity index is 706. The van der Waals surface area contributed by atoms with Crippen LogP contribution in [-0.4, -0.2) is 34.6 Å². The number of hydrogen-bond acceptors (Lipinski definition) is 3. The Morgan fingerprint density at radius 3 is 3.05 bits per heavy atom. The molecule has 19 heavy (non-hydrogen) atoms. The van der Waals surface area contributed by atoms with Gasteiger partial charge in [0.15, 0.2) is 4.77 Å². The zero-order chi connectivity index (χ0) is 13.4. The van der Waals surface area contributed by atoms with Crippen LogP contribution in [0, 0.1) is 16.1 Å². The quantitative estimate of drug-likeness (QED) is 0.812. The van der Waals surface area contributed by atoms with Gasteiger partial charge in [-0.1, -0.05) is 6.07 Å². The van der Waals surface area contributed by atoms with E-state index in [-0.39, 0.29) is 0 Å². The molecule has 1 aromatic carbocycles. The number of piperidine rings is 1. The number of likely N-dealkylation sites (N-methyl/N-ethyl adjacent to an activating group) is 1. The second kappa shape index (κ2) is 4.80. The first-order valence-corrected chi connectivity index (χ1v) is 6.93. The van der Waals surface area contributed by atoms with Crippen LogP contribution in [0.2, 0.25) is 0 Å². The van der Waals surface area contributed by atoms with Crippen molar-refractivity contribution in [2.45, 2.75) is 18.9 Å². The molecular formula is C14H16N4S. The Morgan fingerprint density at radius 1 is 1.47 bits per heavy atom. The molecule has 0 bridgehead atoms. The molecule has 1 unspecified atom stereocenters. The molecule has 1 atom stereocenters. The molecule has 1 aromatic heterocycles. The molecule has 0 spiro atoms. The highest BCUT2D eigenvalue weighted by atomic mass is 32.1. The van der Waals surface area contributed by atoms with Crippen molar-refractivity contribution in [3.63, 3.8) is 0 Å². The van der Waals surface area contributed by atoms with E-state index in [1.807, 2.05) is 18.2 Å². The van der Waals surface area contributed by atoms with E-state index in [1.54, 1.807) is 0 Å². The summed E-state index contributed by atoms with van der Waals surface area (Å²) in [6.45, 7) is 2.16. The van der Waals surface area contributed by atoms with E-state index in [2.05, 4.69) is 27.6 Å². The van der Waals surface area contributed by atoms with Crippen LogP contribution in [0.25, 0.3) is 11.0 Å². The van der Waals surface area contributed by atoms with Gasteiger partial charge in [0.1, 0.15) is 6.07 Å². The molecule has 4 nitrogen and oxygen atoms in total. The number of fused-ring (bicyclic) bond motifs is 1. The van der Waals surface area contributed by atoms with Crippen LogP contribution >= 0.6 is 12.2 Å². The van der Waals surface area contributed by atoms with E-state index < -0.39 is 0 Å². The second-order valence-corrected chi connectivity index (χ2v) is 5.56. The van der Waals surface area contributed by atoms with Crippen LogP contribution in [0.5, 0.6) is 0 Å². The maximum absolute atomic E-state index is 9.17. The maximum Gasteiger partial charge on any atom is 0.178 e. The number of rotatable bonds is 1. The number of aromatic amines is 1. The number of hydrogen-bond donors (Lipinski definition) is 1. The van der Waals surface area contributed by atoms with Crippen LogP contribution in [0.1, 0.15) is 24.4 Å². The molecule has 3 rings (SSSR count). The number of aromatic nitrogens is 2. The van der Waals surface area contributed by atoms with Crippen LogP contribution < -0.4 is 0 Å². The fourth-order valence-corrected chi connectivity index (χ4v) is 3.30. The average molecular weight is 272 g/mol. The van der Waals surface area contributed by atoms with Crippen LogP contribution in [0.3, 0.4) is 0 Å². The predicted molar refractivity (Wildman–Crippen MR) is 77.6 cm³/mol. The van der Waals surface area contributed by atoms with E-state index >= 15 is 0 Å². The molecule has 0 aliphatic carbocycles. The van der Waals surface area contributed by atoms with Gasteiger partial charge in [0.2, 0.25) is 0 Å². The number of nitrogens with one attached hydrogen (secondary N) is 1. The van der Waals surface area contributed by atoms with Gasteiger partial charge in [-0.3, -0.25) is 0 Å². The monoisotopic (exact) mass is 272 g/mol. The molecule has 0 radical (unpaired) electrons. The summed E-state index contributed by atoms with van der Waals surface area (Å²) >= 11 is 5.46. The Hall–Kier alpha value is -1.64. The highest BCUT2D eigenvalue weighted by molar-refractivity contribution is 7.71. The number of benzene rings is 1. The topological polar surface area (TPSA) is 47.8 Å². The van der Waals surface area contributed by atoms with E-state index in [0.717, 1.165) is 35.3 Å². The summed E-state index contributed by atoms with van der Waals surface area (Å²) in [5.74, 6) is 0. The fourth-order valence-electron chi connectivity index (χ4n) is 2.95. The number of likely N-dealkylation sites (tertiary alicyclic amines) is 1. The third kappa shape index (κ3) is 2.07. The van der Waals surface area contributed by atoms with Gasteiger partial charge < -0.3 is 14.5 Å². The lowest BCUT2D eigenvalue weighted by Crippen LogP contribution is -2.33.